The van der Waals surface area contributed by atoms with Crippen LogP contribution in [0.3, 0.4) is 0 Å². The first-order valence-electron chi connectivity index (χ1n) is 7.36. The number of piperazine rings is 1. The van der Waals surface area contributed by atoms with E-state index in [4.69, 9.17) is 5.11 Å². The van der Waals surface area contributed by atoms with Gasteiger partial charge in [-0.1, -0.05) is 0 Å². The standard InChI is InChI=1S/C14H21N3O5S/c1-11-9-13(10-14(12(11)2)17(19)20)23(21,22)16-5-3-15(4-6-16)7-8-18/h9-10,18H,3-8H2,1-2H3. The average molecular weight is 343 g/mol. The summed E-state index contributed by atoms with van der Waals surface area (Å²) in [6.07, 6.45) is 0. The maximum Gasteiger partial charge on any atom is 0.273 e. The molecule has 23 heavy (non-hydrogen) atoms. The van der Waals surface area contributed by atoms with Crippen LogP contribution in [0.4, 0.5) is 5.69 Å². The molecule has 128 valence electrons. The largest absolute Gasteiger partial charge is 0.395 e. The number of nitro groups is 1. The third-order valence-electron chi connectivity index (χ3n) is 4.20. The highest BCUT2D eigenvalue weighted by Gasteiger charge is 2.30. The van der Waals surface area contributed by atoms with E-state index in [1.54, 1.807) is 13.8 Å². The molecule has 0 aliphatic carbocycles. The second kappa shape index (κ2) is 6.91. The zero-order valence-corrected chi connectivity index (χ0v) is 14.0. The minimum absolute atomic E-state index is 0.0378. The molecule has 1 saturated heterocycles. The zero-order valence-electron chi connectivity index (χ0n) is 13.2. The summed E-state index contributed by atoms with van der Waals surface area (Å²) < 4.78 is 26.8. The Morgan fingerprint density at radius 3 is 2.35 bits per heavy atom. The molecule has 1 aliphatic rings. The fraction of sp³-hybridized carbons (Fsp3) is 0.571. The molecule has 0 radical (unpaired) electrons. The average Bonchev–Trinajstić information content (AvgIpc) is 2.50. The zero-order chi connectivity index (χ0) is 17.2. The SMILES string of the molecule is Cc1cc(S(=O)(=O)N2CCN(CCO)CC2)cc([N+](=O)[O-])c1C. The highest BCUT2D eigenvalue weighted by Crippen LogP contribution is 2.28. The van der Waals surface area contributed by atoms with Crippen molar-refractivity contribution in [3.05, 3.63) is 33.4 Å². The van der Waals surface area contributed by atoms with E-state index in [1.165, 1.54) is 10.4 Å². The number of benzene rings is 1. The van der Waals surface area contributed by atoms with Crippen LogP contribution in [0.15, 0.2) is 17.0 Å². The van der Waals surface area contributed by atoms with Crippen LogP contribution in [0, 0.1) is 24.0 Å². The number of hydrogen-bond acceptors (Lipinski definition) is 6. The smallest absolute Gasteiger partial charge is 0.273 e. The van der Waals surface area contributed by atoms with Gasteiger partial charge in [-0.05, 0) is 25.5 Å². The van der Waals surface area contributed by atoms with E-state index in [-0.39, 0.29) is 17.2 Å². The summed E-state index contributed by atoms with van der Waals surface area (Å²) in [4.78, 5) is 12.5. The highest BCUT2D eigenvalue weighted by molar-refractivity contribution is 7.89. The van der Waals surface area contributed by atoms with Crippen LogP contribution in [-0.4, -0.2) is 67.0 Å². The third kappa shape index (κ3) is 3.69. The highest BCUT2D eigenvalue weighted by atomic mass is 32.2. The molecule has 0 saturated carbocycles. The molecule has 0 atom stereocenters. The summed E-state index contributed by atoms with van der Waals surface area (Å²) in [7, 11) is -3.76. The van der Waals surface area contributed by atoms with Gasteiger partial charge in [0.05, 0.1) is 16.4 Å². The van der Waals surface area contributed by atoms with E-state index in [1.807, 2.05) is 4.90 Å². The van der Waals surface area contributed by atoms with Crippen molar-refractivity contribution < 1.29 is 18.4 Å². The van der Waals surface area contributed by atoms with Crippen LogP contribution in [0.2, 0.25) is 0 Å². The van der Waals surface area contributed by atoms with E-state index in [2.05, 4.69) is 0 Å². The van der Waals surface area contributed by atoms with Crippen molar-refractivity contribution in [2.45, 2.75) is 18.7 Å². The summed E-state index contributed by atoms with van der Waals surface area (Å²) in [6, 6.07) is 2.62. The molecule has 0 amide bonds. The molecule has 0 spiro atoms. The first-order chi connectivity index (χ1) is 10.8. The van der Waals surface area contributed by atoms with Gasteiger partial charge in [0.25, 0.3) is 5.69 Å². The van der Waals surface area contributed by atoms with Gasteiger partial charge in [-0.3, -0.25) is 15.0 Å². The third-order valence-corrected chi connectivity index (χ3v) is 6.07. The van der Waals surface area contributed by atoms with Gasteiger partial charge in [-0.2, -0.15) is 4.31 Å². The number of nitrogens with zero attached hydrogens (tertiary/aromatic N) is 3. The number of aryl methyl sites for hydroxylation is 1. The van der Waals surface area contributed by atoms with Crippen LogP contribution >= 0.6 is 0 Å². The Bertz CT molecular complexity index is 697. The summed E-state index contributed by atoms with van der Waals surface area (Å²) in [5, 5.41) is 20.0. The van der Waals surface area contributed by atoms with Gasteiger partial charge in [0, 0.05) is 44.4 Å². The molecule has 8 nitrogen and oxygen atoms in total. The van der Waals surface area contributed by atoms with Crippen LogP contribution in [0.1, 0.15) is 11.1 Å². The van der Waals surface area contributed by atoms with E-state index in [0.717, 1.165) is 6.07 Å². The molecular weight excluding hydrogens is 322 g/mol. The summed E-state index contributed by atoms with van der Waals surface area (Å²) >= 11 is 0. The normalized spacial score (nSPS) is 17.3. The van der Waals surface area contributed by atoms with Gasteiger partial charge in [-0.15, -0.1) is 0 Å². The lowest BCUT2D eigenvalue weighted by atomic mass is 10.1. The van der Waals surface area contributed by atoms with Crippen LogP contribution in [-0.2, 0) is 10.0 Å². The number of aliphatic hydroxyl groups is 1. The van der Waals surface area contributed by atoms with Gasteiger partial charge >= 0.3 is 0 Å². The minimum Gasteiger partial charge on any atom is -0.395 e. The van der Waals surface area contributed by atoms with Gasteiger partial charge in [0.2, 0.25) is 10.0 Å². The van der Waals surface area contributed by atoms with E-state index in [9.17, 15) is 18.5 Å². The second-order valence-corrected chi connectivity index (χ2v) is 7.55. The lowest BCUT2D eigenvalue weighted by Crippen LogP contribution is -2.49. The molecule has 1 heterocycles. The van der Waals surface area contributed by atoms with Gasteiger partial charge in [-0.25, -0.2) is 8.42 Å². The number of rotatable bonds is 5. The first kappa shape index (κ1) is 17.8. The molecule has 1 aliphatic heterocycles. The van der Waals surface area contributed by atoms with E-state index in [0.29, 0.717) is 43.9 Å². The number of nitro benzene ring substituents is 1. The Balaban J connectivity index is 2.29. The topological polar surface area (TPSA) is 104 Å². The number of aliphatic hydroxyl groups excluding tert-OH is 1. The molecule has 2 rings (SSSR count). The van der Waals surface area contributed by atoms with E-state index >= 15 is 0 Å². The predicted octanol–water partition coefficient (Wildman–Crippen LogP) is 0.510. The summed E-state index contributed by atoms with van der Waals surface area (Å²) in [5.41, 5.74) is 0.876. The Hall–Kier alpha value is -1.55. The molecule has 1 N–H and O–H groups in total. The maximum atomic E-state index is 12.7. The van der Waals surface area contributed by atoms with E-state index < -0.39 is 14.9 Å². The Morgan fingerprint density at radius 2 is 1.83 bits per heavy atom. The molecule has 1 aromatic carbocycles. The summed E-state index contributed by atoms with van der Waals surface area (Å²) in [5.74, 6) is 0. The van der Waals surface area contributed by atoms with Crippen molar-refractivity contribution in [3.8, 4) is 0 Å². The maximum absolute atomic E-state index is 12.7. The van der Waals surface area contributed by atoms with Crippen molar-refractivity contribution in [1.82, 2.24) is 9.21 Å². The molecule has 0 aromatic heterocycles. The van der Waals surface area contributed by atoms with Gasteiger partial charge in [0.1, 0.15) is 0 Å². The molecule has 1 aromatic rings. The Labute approximate surface area is 135 Å². The molecule has 1 fully saturated rings. The van der Waals surface area contributed by atoms with Crippen molar-refractivity contribution in [2.75, 3.05) is 39.3 Å². The van der Waals surface area contributed by atoms with Crippen LogP contribution < -0.4 is 0 Å². The van der Waals surface area contributed by atoms with Crippen LogP contribution in [0.25, 0.3) is 0 Å². The predicted molar refractivity (Wildman–Crippen MR) is 84.9 cm³/mol. The lowest BCUT2D eigenvalue weighted by molar-refractivity contribution is -0.385. The molecule has 0 bridgehead atoms. The number of β-amino-alcohol motifs (C(OH)–C–C–N with tert-alkyl or cyclic N) is 1. The molecular formula is C14H21N3O5S. The quantitative estimate of drug-likeness (QED) is 0.617. The molecule has 9 heteroatoms. The first-order valence-corrected chi connectivity index (χ1v) is 8.80. The lowest BCUT2D eigenvalue weighted by Gasteiger charge is -2.33. The second-order valence-electron chi connectivity index (χ2n) is 5.61. The van der Waals surface area contributed by atoms with Crippen LogP contribution in [0.5, 0.6) is 0 Å². The fourth-order valence-corrected chi connectivity index (χ4v) is 4.16. The Morgan fingerprint density at radius 1 is 1.22 bits per heavy atom. The monoisotopic (exact) mass is 343 g/mol. The number of hydrogen-bond donors (Lipinski definition) is 1. The fourth-order valence-electron chi connectivity index (χ4n) is 2.63. The van der Waals surface area contributed by atoms with Crippen molar-refractivity contribution in [1.29, 1.82) is 0 Å². The van der Waals surface area contributed by atoms with Crippen molar-refractivity contribution >= 4 is 15.7 Å². The van der Waals surface area contributed by atoms with Gasteiger partial charge < -0.3 is 5.11 Å². The molecule has 0 unspecified atom stereocenters. The minimum atomic E-state index is -3.76. The summed E-state index contributed by atoms with van der Waals surface area (Å²) in [6.45, 7) is 5.52. The number of sulfonamides is 1. The Kier molecular flexibility index (Phi) is 5.35. The van der Waals surface area contributed by atoms with Crippen molar-refractivity contribution in [2.24, 2.45) is 0 Å². The van der Waals surface area contributed by atoms with Gasteiger partial charge in [0.15, 0.2) is 0 Å². The van der Waals surface area contributed by atoms with Crippen molar-refractivity contribution in [3.63, 3.8) is 0 Å².